The van der Waals surface area contributed by atoms with Crippen molar-refractivity contribution in [1.29, 1.82) is 0 Å². The standard InChI is InChI=1S/C12H18ClNO/c1-5-9-6-7-11(15-4)10(8-9)12(13)14(2)3/h6-8,12H,5H2,1-4H3. The van der Waals surface area contributed by atoms with Crippen molar-refractivity contribution in [2.75, 3.05) is 21.2 Å². The summed E-state index contributed by atoms with van der Waals surface area (Å²) in [7, 11) is 5.58. The van der Waals surface area contributed by atoms with Crippen molar-refractivity contribution in [3.05, 3.63) is 29.3 Å². The van der Waals surface area contributed by atoms with Gasteiger partial charge >= 0.3 is 0 Å². The number of methoxy groups -OCH3 is 1. The third-order valence-electron chi connectivity index (χ3n) is 2.41. The van der Waals surface area contributed by atoms with Crippen molar-refractivity contribution >= 4 is 11.6 Å². The van der Waals surface area contributed by atoms with Crippen LogP contribution in [0.4, 0.5) is 0 Å². The van der Waals surface area contributed by atoms with Crippen LogP contribution in [-0.2, 0) is 6.42 Å². The highest BCUT2D eigenvalue weighted by molar-refractivity contribution is 6.20. The molecular weight excluding hydrogens is 210 g/mol. The van der Waals surface area contributed by atoms with Crippen molar-refractivity contribution in [3.8, 4) is 5.75 Å². The highest BCUT2D eigenvalue weighted by Gasteiger charge is 2.15. The molecule has 0 N–H and O–H groups in total. The molecule has 15 heavy (non-hydrogen) atoms. The number of benzene rings is 1. The minimum absolute atomic E-state index is 0.147. The van der Waals surface area contributed by atoms with Gasteiger partial charge in [0, 0.05) is 5.56 Å². The molecule has 2 nitrogen and oxygen atoms in total. The topological polar surface area (TPSA) is 12.5 Å². The summed E-state index contributed by atoms with van der Waals surface area (Å²) >= 11 is 6.30. The maximum absolute atomic E-state index is 6.30. The average molecular weight is 228 g/mol. The van der Waals surface area contributed by atoms with Crippen LogP contribution >= 0.6 is 11.6 Å². The van der Waals surface area contributed by atoms with E-state index in [1.54, 1.807) is 7.11 Å². The first-order chi connectivity index (χ1) is 7.10. The molecule has 1 aromatic rings. The minimum Gasteiger partial charge on any atom is -0.496 e. The number of aryl methyl sites for hydroxylation is 1. The van der Waals surface area contributed by atoms with Crippen molar-refractivity contribution in [2.45, 2.75) is 18.8 Å². The van der Waals surface area contributed by atoms with E-state index < -0.39 is 0 Å². The van der Waals surface area contributed by atoms with Gasteiger partial charge in [0.25, 0.3) is 0 Å². The number of hydrogen-bond donors (Lipinski definition) is 0. The number of ether oxygens (including phenoxy) is 1. The second-order valence-corrected chi connectivity index (χ2v) is 4.14. The van der Waals surface area contributed by atoms with Gasteiger partial charge in [-0.2, -0.15) is 0 Å². The molecule has 0 saturated carbocycles. The number of alkyl halides is 1. The lowest BCUT2D eigenvalue weighted by atomic mass is 10.1. The van der Waals surface area contributed by atoms with Gasteiger partial charge in [0.1, 0.15) is 11.3 Å². The van der Waals surface area contributed by atoms with E-state index in [0.717, 1.165) is 17.7 Å². The number of hydrogen-bond acceptors (Lipinski definition) is 2. The Morgan fingerprint density at radius 2 is 2.07 bits per heavy atom. The van der Waals surface area contributed by atoms with E-state index in [2.05, 4.69) is 19.1 Å². The molecule has 0 saturated heterocycles. The lowest BCUT2D eigenvalue weighted by Crippen LogP contribution is -2.15. The Labute approximate surface area is 96.8 Å². The predicted octanol–water partition coefficient (Wildman–Crippen LogP) is 3.06. The Bertz CT molecular complexity index is 325. The summed E-state index contributed by atoms with van der Waals surface area (Å²) in [6, 6.07) is 6.16. The molecule has 1 rings (SSSR count). The zero-order chi connectivity index (χ0) is 11.4. The zero-order valence-electron chi connectivity index (χ0n) is 9.75. The van der Waals surface area contributed by atoms with Crippen LogP contribution in [0.5, 0.6) is 5.75 Å². The van der Waals surface area contributed by atoms with Crippen molar-refractivity contribution in [2.24, 2.45) is 0 Å². The smallest absolute Gasteiger partial charge is 0.124 e. The van der Waals surface area contributed by atoms with E-state index in [4.69, 9.17) is 16.3 Å². The molecule has 0 aliphatic rings. The van der Waals surface area contributed by atoms with Gasteiger partial charge in [-0.3, -0.25) is 4.90 Å². The van der Waals surface area contributed by atoms with Gasteiger partial charge in [-0.15, -0.1) is 11.6 Å². The van der Waals surface area contributed by atoms with E-state index in [0.29, 0.717) is 0 Å². The number of nitrogens with zero attached hydrogens (tertiary/aromatic N) is 1. The van der Waals surface area contributed by atoms with E-state index >= 15 is 0 Å². The van der Waals surface area contributed by atoms with E-state index in [-0.39, 0.29) is 5.50 Å². The summed E-state index contributed by atoms with van der Waals surface area (Å²) in [5.41, 5.74) is 2.16. The highest BCUT2D eigenvalue weighted by Crippen LogP contribution is 2.31. The summed E-state index contributed by atoms with van der Waals surface area (Å²) in [4.78, 5) is 1.96. The molecular formula is C12H18ClNO. The highest BCUT2D eigenvalue weighted by atomic mass is 35.5. The Hall–Kier alpha value is -0.730. The molecule has 0 aliphatic carbocycles. The lowest BCUT2D eigenvalue weighted by molar-refractivity contribution is 0.360. The van der Waals surface area contributed by atoms with Crippen LogP contribution in [0, 0.1) is 0 Å². The normalized spacial score (nSPS) is 12.9. The average Bonchev–Trinajstić information content (AvgIpc) is 2.27. The lowest BCUT2D eigenvalue weighted by Gasteiger charge is -2.20. The number of halogens is 1. The Morgan fingerprint density at radius 1 is 1.40 bits per heavy atom. The Balaban J connectivity index is 3.11. The quantitative estimate of drug-likeness (QED) is 0.579. The van der Waals surface area contributed by atoms with Crippen molar-refractivity contribution in [3.63, 3.8) is 0 Å². The van der Waals surface area contributed by atoms with Crippen LogP contribution in [0.1, 0.15) is 23.6 Å². The molecule has 0 fully saturated rings. The fraction of sp³-hybridized carbons (Fsp3) is 0.500. The Kier molecular flexibility index (Phi) is 4.43. The van der Waals surface area contributed by atoms with Gasteiger partial charge < -0.3 is 4.74 Å². The maximum Gasteiger partial charge on any atom is 0.124 e. The number of rotatable bonds is 4. The molecule has 0 amide bonds. The molecule has 0 radical (unpaired) electrons. The fourth-order valence-corrected chi connectivity index (χ4v) is 1.64. The third-order valence-corrected chi connectivity index (χ3v) is 3.04. The molecule has 0 heterocycles. The Morgan fingerprint density at radius 3 is 2.53 bits per heavy atom. The van der Waals surface area contributed by atoms with Crippen LogP contribution < -0.4 is 4.74 Å². The van der Waals surface area contributed by atoms with E-state index in [9.17, 15) is 0 Å². The molecule has 1 atom stereocenters. The van der Waals surface area contributed by atoms with Gasteiger partial charge in [-0.1, -0.05) is 13.0 Å². The molecule has 0 aromatic heterocycles. The van der Waals surface area contributed by atoms with E-state index in [1.807, 2.05) is 25.1 Å². The fourth-order valence-electron chi connectivity index (χ4n) is 1.47. The first-order valence-electron chi connectivity index (χ1n) is 5.07. The summed E-state index contributed by atoms with van der Waals surface area (Å²) < 4.78 is 5.31. The van der Waals surface area contributed by atoms with Crippen LogP contribution in [0.15, 0.2) is 18.2 Å². The molecule has 0 spiro atoms. The molecule has 3 heteroatoms. The van der Waals surface area contributed by atoms with Crippen molar-refractivity contribution in [1.82, 2.24) is 4.90 Å². The third kappa shape index (κ3) is 2.86. The summed E-state index contributed by atoms with van der Waals surface area (Å²) in [5, 5.41) is 0. The molecule has 84 valence electrons. The summed E-state index contributed by atoms with van der Waals surface area (Å²) in [6.07, 6.45) is 1.01. The summed E-state index contributed by atoms with van der Waals surface area (Å²) in [6.45, 7) is 2.13. The minimum atomic E-state index is -0.147. The van der Waals surface area contributed by atoms with Crippen LogP contribution in [0.3, 0.4) is 0 Å². The SMILES string of the molecule is CCc1ccc(OC)c(C(Cl)N(C)C)c1. The predicted molar refractivity (Wildman–Crippen MR) is 64.7 cm³/mol. The van der Waals surface area contributed by atoms with Gasteiger partial charge in [0.05, 0.1) is 7.11 Å². The molecule has 0 aliphatic heterocycles. The van der Waals surface area contributed by atoms with Crippen LogP contribution in [-0.4, -0.2) is 26.1 Å². The largest absolute Gasteiger partial charge is 0.496 e. The molecule has 1 aromatic carbocycles. The first-order valence-corrected chi connectivity index (χ1v) is 5.51. The van der Waals surface area contributed by atoms with Crippen LogP contribution in [0.2, 0.25) is 0 Å². The second kappa shape index (κ2) is 5.38. The van der Waals surface area contributed by atoms with Gasteiger partial charge in [-0.25, -0.2) is 0 Å². The van der Waals surface area contributed by atoms with Crippen LogP contribution in [0.25, 0.3) is 0 Å². The zero-order valence-corrected chi connectivity index (χ0v) is 10.5. The monoisotopic (exact) mass is 227 g/mol. The first kappa shape index (κ1) is 12.3. The van der Waals surface area contributed by atoms with Crippen molar-refractivity contribution < 1.29 is 4.74 Å². The van der Waals surface area contributed by atoms with Gasteiger partial charge in [0.2, 0.25) is 0 Å². The van der Waals surface area contributed by atoms with E-state index in [1.165, 1.54) is 5.56 Å². The second-order valence-electron chi connectivity index (χ2n) is 3.73. The summed E-state index contributed by atoms with van der Waals surface area (Å²) in [5.74, 6) is 0.848. The molecule has 1 unspecified atom stereocenters. The van der Waals surface area contributed by atoms with Gasteiger partial charge in [-0.05, 0) is 38.2 Å². The molecule has 0 bridgehead atoms. The maximum atomic E-state index is 6.30. The van der Waals surface area contributed by atoms with Gasteiger partial charge in [0.15, 0.2) is 0 Å².